The molecule has 0 saturated carbocycles. The maximum atomic E-state index is 12.4. The van der Waals surface area contributed by atoms with Gasteiger partial charge in [0.15, 0.2) is 0 Å². The first-order chi connectivity index (χ1) is 17.3. The summed E-state index contributed by atoms with van der Waals surface area (Å²) in [4.78, 5) is 22.5. The molecule has 3 aromatic heterocycles. The predicted molar refractivity (Wildman–Crippen MR) is 150 cm³/mol. The number of pyridine rings is 1. The first kappa shape index (κ1) is 23.5. The molecule has 4 aromatic rings. The third-order valence-corrected chi connectivity index (χ3v) is 8.88. The van der Waals surface area contributed by atoms with E-state index < -0.39 is 0 Å². The predicted octanol–water partition coefficient (Wildman–Crippen LogP) is 5.43. The van der Waals surface area contributed by atoms with Crippen LogP contribution in [-0.2, 0) is 17.4 Å². The van der Waals surface area contributed by atoms with Gasteiger partial charge in [0.25, 0.3) is 0 Å². The Morgan fingerprint density at radius 1 is 1.19 bits per heavy atom. The molecule has 2 amide bonds. The molecule has 0 aliphatic carbocycles. The minimum atomic E-state index is -0.171. The van der Waals surface area contributed by atoms with Gasteiger partial charge in [-0.1, -0.05) is 26.0 Å². The van der Waals surface area contributed by atoms with Crippen molar-refractivity contribution in [3.05, 3.63) is 69.2 Å². The number of aromatic amines is 1. The van der Waals surface area contributed by atoms with Crippen LogP contribution in [-0.4, -0.2) is 50.3 Å². The van der Waals surface area contributed by atoms with E-state index in [9.17, 15) is 4.79 Å². The van der Waals surface area contributed by atoms with E-state index in [0.717, 1.165) is 54.8 Å². The number of likely N-dealkylation sites (tertiary alicyclic amines) is 1. The molecule has 6 rings (SSSR count). The van der Waals surface area contributed by atoms with E-state index >= 15 is 0 Å². The number of hydrogen-bond acceptors (Lipinski definition) is 3. The molecule has 1 aromatic carbocycles. The molecule has 8 heteroatoms. The SMILES string of the molecule is CCNC(=O)N1CCC2(CCn3nc(-c4cnc5[nH]cc(C(C)(C)c6ccc(I)cc6)c5c4)cc32)C1. The lowest BCUT2D eigenvalue weighted by Crippen LogP contribution is -2.40. The van der Waals surface area contributed by atoms with Crippen LogP contribution >= 0.6 is 22.6 Å². The van der Waals surface area contributed by atoms with E-state index in [1.54, 1.807) is 0 Å². The molecule has 1 fully saturated rings. The van der Waals surface area contributed by atoms with Crippen LogP contribution in [0.15, 0.2) is 48.8 Å². The van der Waals surface area contributed by atoms with Gasteiger partial charge >= 0.3 is 6.03 Å². The number of carbonyl (C=O) groups excluding carboxylic acids is 1. The normalized spacial score (nSPS) is 19.4. The van der Waals surface area contributed by atoms with Gasteiger partial charge in [-0.15, -0.1) is 0 Å². The molecule has 1 spiro atoms. The summed E-state index contributed by atoms with van der Waals surface area (Å²) in [6.45, 7) is 9.58. The number of benzene rings is 1. The van der Waals surface area contributed by atoms with Crippen LogP contribution in [0.1, 0.15) is 50.4 Å². The Hall–Kier alpha value is -2.88. The lowest BCUT2D eigenvalue weighted by molar-refractivity contribution is 0.206. The van der Waals surface area contributed by atoms with Gasteiger partial charge in [0.05, 0.1) is 5.69 Å². The highest BCUT2D eigenvalue weighted by Crippen LogP contribution is 2.44. The molecule has 1 saturated heterocycles. The van der Waals surface area contributed by atoms with Crippen LogP contribution in [0.5, 0.6) is 0 Å². The lowest BCUT2D eigenvalue weighted by atomic mass is 9.78. The average molecular weight is 595 g/mol. The number of fused-ring (bicyclic) bond motifs is 3. The minimum Gasteiger partial charge on any atom is -0.346 e. The Bertz CT molecular complexity index is 1450. The molecule has 0 radical (unpaired) electrons. The number of amides is 2. The van der Waals surface area contributed by atoms with Crippen LogP contribution in [0.3, 0.4) is 0 Å². The molecule has 186 valence electrons. The van der Waals surface area contributed by atoms with Gasteiger partial charge in [-0.2, -0.15) is 5.10 Å². The molecule has 0 bridgehead atoms. The van der Waals surface area contributed by atoms with Crippen molar-refractivity contribution in [1.29, 1.82) is 0 Å². The van der Waals surface area contributed by atoms with Gasteiger partial charge < -0.3 is 15.2 Å². The average Bonchev–Trinajstić information content (AvgIpc) is 3.64. The highest BCUT2D eigenvalue weighted by molar-refractivity contribution is 14.1. The van der Waals surface area contributed by atoms with Crippen molar-refractivity contribution in [3.63, 3.8) is 0 Å². The van der Waals surface area contributed by atoms with Gasteiger partial charge in [-0.25, -0.2) is 9.78 Å². The number of halogens is 1. The van der Waals surface area contributed by atoms with Gasteiger partial charge in [-0.3, -0.25) is 4.68 Å². The van der Waals surface area contributed by atoms with E-state index in [0.29, 0.717) is 6.54 Å². The summed E-state index contributed by atoms with van der Waals surface area (Å²) >= 11 is 2.35. The summed E-state index contributed by atoms with van der Waals surface area (Å²) in [6.07, 6.45) is 6.03. The molecule has 2 N–H and O–H groups in total. The van der Waals surface area contributed by atoms with Crippen molar-refractivity contribution in [1.82, 2.24) is 30.0 Å². The number of hydrogen-bond donors (Lipinski definition) is 2. The molecule has 5 heterocycles. The van der Waals surface area contributed by atoms with Crippen molar-refractivity contribution in [3.8, 4) is 11.3 Å². The number of aromatic nitrogens is 4. The summed E-state index contributed by atoms with van der Waals surface area (Å²) < 4.78 is 3.38. The first-order valence-electron chi connectivity index (χ1n) is 12.7. The van der Waals surface area contributed by atoms with Gasteiger partial charge in [0.2, 0.25) is 0 Å². The number of carbonyl (C=O) groups is 1. The van der Waals surface area contributed by atoms with Gasteiger partial charge in [-0.05, 0) is 77.7 Å². The summed E-state index contributed by atoms with van der Waals surface area (Å²) in [7, 11) is 0. The van der Waals surface area contributed by atoms with E-state index in [4.69, 9.17) is 10.1 Å². The Morgan fingerprint density at radius 2 is 1.97 bits per heavy atom. The monoisotopic (exact) mass is 594 g/mol. The summed E-state index contributed by atoms with van der Waals surface area (Å²) in [5.74, 6) is 0. The van der Waals surface area contributed by atoms with Crippen molar-refractivity contribution in [2.45, 2.75) is 51.0 Å². The zero-order valence-electron chi connectivity index (χ0n) is 20.9. The molecular weight excluding hydrogens is 563 g/mol. The summed E-state index contributed by atoms with van der Waals surface area (Å²) in [6, 6.07) is 13.2. The fraction of sp³-hybridized carbons (Fsp3) is 0.393. The molecular formula is C28H31IN6O. The third-order valence-electron chi connectivity index (χ3n) is 8.16. The number of nitrogens with one attached hydrogen (secondary N) is 2. The Labute approximate surface area is 224 Å². The van der Waals surface area contributed by atoms with Crippen LogP contribution in [0.4, 0.5) is 4.79 Å². The number of H-pyrrole nitrogens is 1. The van der Waals surface area contributed by atoms with E-state index in [1.165, 1.54) is 20.4 Å². The van der Waals surface area contributed by atoms with Crippen LogP contribution in [0.2, 0.25) is 0 Å². The summed E-state index contributed by atoms with van der Waals surface area (Å²) in [5, 5.41) is 9.06. The second-order valence-corrected chi connectivity index (χ2v) is 11.9. The number of aryl methyl sites for hydroxylation is 1. The molecule has 7 nitrogen and oxygen atoms in total. The number of rotatable bonds is 4. The largest absolute Gasteiger partial charge is 0.346 e. The fourth-order valence-electron chi connectivity index (χ4n) is 6.01. The van der Waals surface area contributed by atoms with Crippen molar-refractivity contribution in [2.75, 3.05) is 19.6 Å². The van der Waals surface area contributed by atoms with E-state index in [-0.39, 0.29) is 16.9 Å². The fourth-order valence-corrected chi connectivity index (χ4v) is 6.37. The number of nitrogens with zero attached hydrogens (tertiary/aromatic N) is 4. The van der Waals surface area contributed by atoms with E-state index in [1.807, 2.05) is 18.0 Å². The van der Waals surface area contributed by atoms with Crippen molar-refractivity contribution < 1.29 is 4.79 Å². The topological polar surface area (TPSA) is 78.8 Å². The standard InChI is InChI=1S/C28H31IN6O/c1-4-30-26(36)34-11-9-28(17-34)10-12-35-24(28)14-23(33-35)18-13-21-22(16-32-25(21)31-15-18)27(2,3)19-5-7-20(29)8-6-19/h5-8,13-16H,4,9-12,17H2,1-3H3,(H,30,36)(H,31,32). The Balaban J connectivity index is 1.34. The maximum absolute atomic E-state index is 12.4. The zero-order chi connectivity index (χ0) is 25.1. The quantitative estimate of drug-likeness (QED) is 0.310. The molecule has 1 atom stereocenters. The third kappa shape index (κ3) is 3.72. The van der Waals surface area contributed by atoms with E-state index in [2.05, 4.69) is 94.0 Å². The van der Waals surface area contributed by atoms with Crippen LogP contribution < -0.4 is 5.32 Å². The Kier molecular flexibility index (Phi) is 5.62. The van der Waals surface area contributed by atoms with Crippen LogP contribution in [0.25, 0.3) is 22.3 Å². The molecule has 2 aliphatic heterocycles. The van der Waals surface area contributed by atoms with Gasteiger partial charge in [0.1, 0.15) is 5.65 Å². The molecule has 2 aliphatic rings. The number of urea groups is 1. The highest BCUT2D eigenvalue weighted by atomic mass is 127. The van der Waals surface area contributed by atoms with Crippen molar-refractivity contribution in [2.24, 2.45) is 0 Å². The second kappa shape index (κ2) is 8.61. The minimum absolute atomic E-state index is 0.0000786. The van der Waals surface area contributed by atoms with Gasteiger partial charge in [0, 0.05) is 69.6 Å². The summed E-state index contributed by atoms with van der Waals surface area (Å²) in [5.41, 5.74) is 6.45. The highest BCUT2D eigenvalue weighted by Gasteiger charge is 2.46. The van der Waals surface area contributed by atoms with Crippen LogP contribution in [0, 0.1) is 3.57 Å². The Morgan fingerprint density at radius 3 is 2.75 bits per heavy atom. The molecule has 36 heavy (non-hydrogen) atoms. The first-order valence-corrected chi connectivity index (χ1v) is 13.7. The lowest BCUT2D eigenvalue weighted by Gasteiger charge is -2.25. The maximum Gasteiger partial charge on any atom is 0.317 e. The second-order valence-electron chi connectivity index (χ2n) is 10.6. The van der Waals surface area contributed by atoms with Crippen molar-refractivity contribution >= 4 is 39.7 Å². The zero-order valence-corrected chi connectivity index (χ0v) is 23.1. The molecule has 1 unspecified atom stereocenters. The smallest absolute Gasteiger partial charge is 0.317 e.